The minimum Gasteiger partial charge on any atom is -0.455 e. The molecule has 0 aliphatic carbocycles. The first-order chi connectivity index (χ1) is 10.3. The van der Waals surface area contributed by atoms with Crippen LogP contribution in [0.5, 0.6) is 11.5 Å². The third-order valence-corrected chi connectivity index (χ3v) is 4.01. The van der Waals surface area contributed by atoms with Gasteiger partial charge in [0.15, 0.2) is 0 Å². The molecule has 0 fully saturated rings. The van der Waals surface area contributed by atoms with Crippen molar-refractivity contribution in [1.82, 2.24) is 4.98 Å². The number of aromatic nitrogens is 1. The third-order valence-electron chi connectivity index (χ3n) is 3.23. The van der Waals surface area contributed by atoms with Crippen LogP contribution in [0, 0.1) is 0 Å². The molecule has 1 aromatic heterocycles. The number of hydrogen-bond acceptors (Lipinski definition) is 4. The summed E-state index contributed by atoms with van der Waals surface area (Å²) in [4.78, 5) is 5.63. The highest BCUT2D eigenvalue weighted by molar-refractivity contribution is 7.98. The summed E-state index contributed by atoms with van der Waals surface area (Å²) in [6, 6.07) is 17.9. The Morgan fingerprint density at radius 1 is 1.05 bits per heavy atom. The van der Waals surface area contributed by atoms with E-state index in [-0.39, 0.29) is 0 Å². The van der Waals surface area contributed by atoms with Gasteiger partial charge in [-0.25, -0.2) is 0 Å². The highest BCUT2D eigenvalue weighted by Crippen LogP contribution is 2.34. The number of fused-ring (bicyclic) bond motifs is 1. The van der Waals surface area contributed by atoms with Gasteiger partial charge in [0.1, 0.15) is 11.5 Å². The second kappa shape index (κ2) is 6.16. The predicted octanol–water partition coefficient (Wildman–Crippen LogP) is 4.21. The van der Waals surface area contributed by atoms with Gasteiger partial charge in [-0.2, -0.15) is 0 Å². The second-order valence-electron chi connectivity index (χ2n) is 4.59. The summed E-state index contributed by atoms with van der Waals surface area (Å²) in [5.41, 5.74) is 7.46. The largest absolute Gasteiger partial charge is 0.455 e. The van der Waals surface area contributed by atoms with Crippen LogP contribution in [0.3, 0.4) is 0 Å². The number of nitrogens with two attached hydrogens (primary N) is 1. The summed E-state index contributed by atoms with van der Waals surface area (Å²) in [6.45, 7) is 0.394. The maximum absolute atomic E-state index is 6.14. The van der Waals surface area contributed by atoms with Gasteiger partial charge in [0.2, 0.25) is 0 Å². The van der Waals surface area contributed by atoms with Crippen LogP contribution in [0.15, 0.2) is 59.5 Å². The van der Waals surface area contributed by atoms with Crippen molar-refractivity contribution in [3.63, 3.8) is 0 Å². The molecule has 0 bridgehead atoms. The predicted molar refractivity (Wildman–Crippen MR) is 87.9 cm³/mol. The number of ether oxygens (including phenoxy) is 1. The molecule has 3 aromatic rings. The number of rotatable bonds is 4. The fourth-order valence-corrected chi connectivity index (χ4v) is 2.73. The summed E-state index contributed by atoms with van der Waals surface area (Å²) in [7, 11) is 0. The molecule has 4 heteroatoms. The summed E-state index contributed by atoms with van der Waals surface area (Å²) in [6.07, 6.45) is 2.04. The average molecular weight is 296 g/mol. The molecule has 0 saturated heterocycles. The van der Waals surface area contributed by atoms with Crippen LogP contribution in [0.4, 0.5) is 0 Å². The van der Waals surface area contributed by atoms with Crippen LogP contribution >= 0.6 is 11.8 Å². The Morgan fingerprint density at radius 2 is 1.81 bits per heavy atom. The summed E-state index contributed by atoms with van der Waals surface area (Å²) in [5, 5.41) is 0.991. The quantitative estimate of drug-likeness (QED) is 0.733. The number of benzene rings is 2. The molecule has 0 aliphatic rings. The van der Waals surface area contributed by atoms with Gasteiger partial charge in [0.25, 0.3) is 0 Å². The van der Waals surface area contributed by atoms with Crippen LogP contribution in [0.1, 0.15) is 5.69 Å². The Balaban J connectivity index is 2.11. The standard InChI is InChI=1S/C17H16N2OS/c1-21-17-9-5-4-8-15(17)20-16-10-12(11-18)19-14-7-3-2-6-13(14)16/h2-10H,11,18H2,1H3. The van der Waals surface area contributed by atoms with Crippen LogP contribution in [0.2, 0.25) is 0 Å². The van der Waals surface area contributed by atoms with Crippen LogP contribution in [-0.4, -0.2) is 11.2 Å². The van der Waals surface area contributed by atoms with Gasteiger partial charge in [0, 0.05) is 22.9 Å². The molecule has 0 radical (unpaired) electrons. The van der Waals surface area contributed by atoms with E-state index in [1.165, 1.54) is 0 Å². The summed E-state index contributed by atoms with van der Waals surface area (Å²) >= 11 is 1.66. The molecule has 3 rings (SSSR count). The highest BCUT2D eigenvalue weighted by Gasteiger charge is 2.09. The fraction of sp³-hybridized carbons (Fsp3) is 0.118. The van der Waals surface area contributed by atoms with E-state index in [0.717, 1.165) is 33.0 Å². The lowest BCUT2D eigenvalue weighted by molar-refractivity contribution is 0.475. The van der Waals surface area contributed by atoms with Gasteiger partial charge in [-0.15, -0.1) is 11.8 Å². The van der Waals surface area contributed by atoms with Crippen molar-refractivity contribution in [2.75, 3.05) is 6.26 Å². The first kappa shape index (κ1) is 13.9. The van der Waals surface area contributed by atoms with Gasteiger partial charge < -0.3 is 10.5 Å². The molecule has 1 heterocycles. The maximum atomic E-state index is 6.14. The normalized spacial score (nSPS) is 10.8. The SMILES string of the molecule is CSc1ccccc1Oc1cc(CN)nc2ccccc12. The van der Waals surface area contributed by atoms with Crippen molar-refractivity contribution in [2.45, 2.75) is 11.4 Å². The second-order valence-corrected chi connectivity index (χ2v) is 5.43. The maximum Gasteiger partial charge on any atom is 0.140 e. The van der Waals surface area contributed by atoms with Crippen molar-refractivity contribution < 1.29 is 4.74 Å². The van der Waals surface area contributed by atoms with Crippen molar-refractivity contribution in [1.29, 1.82) is 0 Å². The average Bonchev–Trinajstić information content (AvgIpc) is 2.55. The third kappa shape index (κ3) is 2.86. The fourth-order valence-electron chi connectivity index (χ4n) is 2.21. The van der Waals surface area contributed by atoms with Gasteiger partial charge in [-0.1, -0.05) is 24.3 Å². The van der Waals surface area contributed by atoms with E-state index in [4.69, 9.17) is 10.5 Å². The Kier molecular flexibility index (Phi) is 4.08. The first-order valence-electron chi connectivity index (χ1n) is 6.71. The molecular formula is C17H16N2OS. The number of nitrogens with zero attached hydrogens (tertiary/aromatic N) is 1. The molecule has 106 valence electrons. The molecule has 0 atom stereocenters. The lowest BCUT2D eigenvalue weighted by Gasteiger charge is -2.12. The lowest BCUT2D eigenvalue weighted by atomic mass is 10.2. The van der Waals surface area contributed by atoms with Gasteiger partial charge in [0.05, 0.1) is 11.2 Å². The molecule has 2 aromatic carbocycles. The zero-order valence-corrected chi connectivity index (χ0v) is 12.6. The smallest absolute Gasteiger partial charge is 0.140 e. The van der Waals surface area contributed by atoms with Crippen molar-refractivity contribution in [3.8, 4) is 11.5 Å². The molecule has 21 heavy (non-hydrogen) atoms. The Bertz CT molecular complexity index is 774. The number of thioether (sulfide) groups is 1. The topological polar surface area (TPSA) is 48.1 Å². The van der Waals surface area contributed by atoms with Crippen LogP contribution < -0.4 is 10.5 Å². The van der Waals surface area contributed by atoms with Crippen molar-refractivity contribution >= 4 is 22.7 Å². The van der Waals surface area contributed by atoms with Gasteiger partial charge >= 0.3 is 0 Å². The van der Waals surface area contributed by atoms with Gasteiger partial charge in [-0.05, 0) is 30.5 Å². The summed E-state index contributed by atoms with van der Waals surface area (Å²) < 4.78 is 6.14. The summed E-state index contributed by atoms with van der Waals surface area (Å²) in [5.74, 6) is 1.65. The Hall–Kier alpha value is -2.04. The molecule has 3 nitrogen and oxygen atoms in total. The Labute approximate surface area is 128 Å². The monoisotopic (exact) mass is 296 g/mol. The number of para-hydroxylation sites is 2. The molecule has 0 aliphatic heterocycles. The zero-order chi connectivity index (χ0) is 14.7. The molecule has 0 unspecified atom stereocenters. The van der Waals surface area contributed by atoms with Crippen molar-refractivity contribution in [3.05, 3.63) is 60.3 Å². The zero-order valence-electron chi connectivity index (χ0n) is 11.7. The van der Waals surface area contributed by atoms with E-state index in [1.807, 2.05) is 60.9 Å². The lowest BCUT2D eigenvalue weighted by Crippen LogP contribution is -2.01. The minimum absolute atomic E-state index is 0.394. The van der Waals surface area contributed by atoms with E-state index < -0.39 is 0 Å². The minimum atomic E-state index is 0.394. The highest BCUT2D eigenvalue weighted by atomic mass is 32.2. The van der Waals surface area contributed by atoms with Crippen LogP contribution in [-0.2, 0) is 6.54 Å². The van der Waals surface area contributed by atoms with E-state index in [1.54, 1.807) is 11.8 Å². The molecular weight excluding hydrogens is 280 g/mol. The Morgan fingerprint density at radius 3 is 2.62 bits per heavy atom. The van der Waals surface area contributed by atoms with E-state index in [9.17, 15) is 0 Å². The molecule has 0 amide bonds. The van der Waals surface area contributed by atoms with E-state index in [0.29, 0.717) is 6.54 Å². The van der Waals surface area contributed by atoms with Crippen LogP contribution in [0.25, 0.3) is 10.9 Å². The van der Waals surface area contributed by atoms with Gasteiger partial charge in [-0.3, -0.25) is 4.98 Å². The number of hydrogen-bond donors (Lipinski definition) is 1. The van der Waals surface area contributed by atoms with Crippen molar-refractivity contribution in [2.24, 2.45) is 5.73 Å². The molecule has 0 spiro atoms. The first-order valence-corrected chi connectivity index (χ1v) is 7.94. The molecule has 2 N–H and O–H groups in total. The number of pyridine rings is 1. The van der Waals surface area contributed by atoms with E-state index in [2.05, 4.69) is 4.98 Å². The molecule has 0 saturated carbocycles. The van der Waals surface area contributed by atoms with E-state index >= 15 is 0 Å².